The van der Waals surface area contributed by atoms with Crippen LogP contribution in [0.2, 0.25) is 0 Å². The first-order valence-electron chi connectivity index (χ1n) is 10.3. The molecule has 32 heavy (non-hydrogen) atoms. The molecule has 2 aliphatic rings. The molecule has 0 spiro atoms. The third kappa shape index (κ3) is 4.76. The van der Waals surface area contributed by atoms with Crippen molar-refractivity contribution in [2.75, 3.05) is 26.5 Å². The topological polar surface area (TPSA) is 97.4 Å². The highest BCUT2D eigenvalue weighted by molar-refractivity contribution is 7.88. The zero-order valence-electron chi connectivity index (χ0n) is 18.5. The lowest BCUT2D eigenvalue weighted by Crippen LogP contribution is -2.44. The molecule has 10 heteroatoms. The van der Waals surface area contributed by atoms with Crippen LogP contribution < -0.4 is 19.0 Å². The number of ether oxygens (including phenoxy) is 3. The van der Waals surface area contributed by atoms with Gasteiger partial charge in [-0.25, -0.2) is 18.2 Å². The Morgan fingerprint density at radius 3 is 2.47 bits per heavy atom. The van der Waals surface area contributed by atoms with Crippen molar-refractivity contribution >= 4 is 16.1 Å². The van der Waals surface area contributed by atoms with E-state index in [2.05, 4.69) is 4.83 Å². The van der Waals surface area contributed by atoms with Gasteiger partial charge in [0, 0.05) is 20.4 Å². The summed E-state index contributed by atoms with van der Waals surface area (Å²) in [4.78, 5) is 17.1. The molecule has 2 heterocycles. The van der Waals surface area contributed by atoms with Crippen molar-refractivity contribution in [3.8, 4) is 17.2 Å². The van der Waals surface area contributed by atoms with Gasteiger partial charge in [0.25, 0.3) is 0 Å². The monoisotopic (exact) mass is 461 g/mol. The van der Waals surface area contributed by atoms with E-state index in [1.54, 1.807) is 12.0 Å². The zero-order chi connectivity index (χ0) is 23.1. The summed E-state index contributed by atoms with van der Waals surface area (Å²) in [5.41, 5.74) is 1.88. The lowest BCUT2D eigenvalue weighted by molar-refractivity contribution is -0.0431. The SMILES string of the molecule is COc1ccc(CCN2C(=O)N(NS(C)(=O)=O)CC2c2ccc3c(c2)OC(C)(C)O3)cc1. The number of hydrazine groups is 1. The van der Waals surface area contributed by atoms with Crippen LogP contribution in [0, 0.1) is 0 Å². The van der Waals surface area contributed by atoms with Crippen LogP contribution in [-0.4, -0.2) is 56.6 Å². The molecule has 2 amide bonds. The molecule has 0 aromatic heterocycles. The van der Waals surface area contributed by atoms with Gasteiger partial charge in [-0.15, -0.1) is 4.83 Å². The van der Waals surface area contributed by atoms with Gasteiger partial charge in [-0.2, -0.15) is 0 Å². The maximum Gasteiger partial charge on any atom is 0.335 e. The van der Waals surface area contributed by atoms with E-state index < -0.39 is 21.8 Å². The Balaban J connectivity index is 1.58. The molecular weight excluding hydrogens is 434 g/mol. The van der Waals surface area contributed by atoms with E-state index in [1.165, 1.54) is 0 Å². The lowest BCUT2D eigenvalue weighted by Gasteiger charge is -2.23. The average molecular weight is 462 g/mol. The van der Waals surface area contributed by atoms with Crippen molar-refractivity contribution in [1.82, 2.24) is 14.7 Å². The van der Waals surface area contributed by atoms with Crippen molar-refractivity contribution in [3.63, 3.8) is 0 Å². The molecule has 4 rings (SSSR count). The Bertz CT molecular complexity index is 1120. The molecule has 1 unspecified atom stereocenters. The molecule has 2 aromatic rings. The summed E-state index contributed by atoms with van der Waals surface area (Å²) >= 11 is 0. The number of methoxy groups -OCH3 is 1. The number of amides is 2. The van der Waals surface area contributed by atoms with Crippen molar-refractivity contribution < 1.29 is 27.4 Å². The number of hydrogen-bond donors (Lipinski definition) is 1. The summed E-state index contributed by atoms with van der Waals surface area (Å²) in [6, 6.07) is 12.4. The van der Waals surface area contributed by atoms with Crippen LogP contribution in [0.4, 0.5) is 4.79 Å². The third-order valence-electron chi connectivity index (χ3n) is 5.35. The van der Waals surface area contributed by atoms with Crippen molar-refractivity contribution in [1.29, 1.82) is 0 Å². The van der Waals surface area contributed by atoms with Crippen molar-refractivity contribution in [2.24, 2.45) is 0 Å². The number of hydrogen-bond acceptors (Lipinski definition) is 6. The van der Waals surface area contributed by atoms with Gasteiger partial charge in [0.15, 0.2) is 11.5 Å². The molecule has 1 N–H and O–H groups in total. The van der Waals surface area contributed by atoms with Crippen LogP contribution in [0.5, 0.6) is 17.2 Å². The number of nitrogens with zero attached hydrogens (tertiary/aromatic N) is 2. The Morgan fingerprint density at radius 1 is 1.12 bits per heavy atom. The second-order valence-corrected chi connectivity index (χ2v) is 10.1. The molecule has 1 atom stereocenters. The fourth-order valence-corrected chi connectivity index (χ4v) is 4.49. The Labute approximate surface area is 187 Å². The molecule has 9 nitrogen and oxygen atoms in total. The number of benzene rings is 2. The quantitative estimate of drug-likeness (QED) is 0.681. The molecule has 1 fully saturated rings. The number of urea groups is 1. The number of nitrogens with one attached hydrogen (secondary N) is 1. The molecule has 0 aliphatic carbocycles. The highest BCUT2D eigenvalue weighted by Gasteiger charge is 2.40. The number of carbonyl (C=O) groups excluding carboxylic acids is 1. The third-order valence-corrected chi connectivity index (χ3v) is 5.90. The molecule has 2 aromatic carbocycles. The summed E-state index contributed by atoms with van der Waals surface area (Å²) in [5.74, 6) is 1.24. The highest BCUT2D eigenvalue weighted by Crippen LogP contribution is 2.42. The highest BCUT2D eigenvalue weighted by atomic mass is 32.2. The normalized spacial score (nSPS) is 19.5. The summed E-state index contributed by atoms with van der Waals surface area (Å²) in [7, 11) is -1.99. The van der Waals surface area contributed by atoms with E-state index >= 15 is 0 Å². The second-order valence-electron chi connectivity index (χ2n) is 8.37. The number of sulfonamides is 1. The first kappa shape index (κ1) is 22.2. The molecule has 1 saturated heterocycles. The van der Waals surface area contributed by atoms with Crippen LogP contribution in [0.1, 0.15) is 31.0 Å². The summed E-state index contributed by atoms with van der Waals surface area (Å²) < 4.78 is 40.4. The molecule has 172 valence electrons. The van der Waals surface area contributed by atoms with Crippen LogP contribution in [0.25, 0.3) is 0 Å². The number of carbonyl (C=O) groups is 1. The maximum absolute atomic E-state index is 13.1. The van der Waals surface area contributed by atoms with Crippen LogP contribution >= 0.6 is 0 Å². The molecule has 0 saturated carbocycles. The molecular formula is C22H27N3O6S. The lowest BCUT2D eigenvalue weighted by atomic mass is 10.0. The Morgan fingerprint density at radius 2 is 1.81 bits per heavy atom. The van der Waals surface area contributed by atoms with E-state index in [9.17, 15) is 13.2 Å². The van der Waals surface area contributed by atoms with Crippen molar-refractivity contribution in [2.45, 2.75) is 32.1 Å². The summed E-state index contributed by atoms with van der Waals surface area (Å²) in [6.07, 6.45) is 1.63. The number of fused-ring (bicyclic) bond motifs is 1. The predicted octanol–water partition coefficient (Wildman–Crippen LogP) is 2.69. The van der Waals surface area contributed by atoms with Gasteiger partial charge in [-0.05, 0) is 41.8 Å². The minimum Gasteiger partial charge on any atom is -0.497 e. The molecule has 0 bridgehead atoms. The predicted molar refractivity (Wildman–Crippen MR) is 118 cm³/mol. The van der Waals surface area contributed by atoms with E-state index in [4.69, 9.17) is 14.2 Å². The van der Waals surface area contributed by atoms with Gasteiger partial charge < -0.3 is 19.1 Å². The van der Waals surface area contributed by atoms with E-state index in [-0.39, 0.29) is 12.6 Å². The van der Waals surface area contributed by atoms with Gasteiger partial charge in [0.2, 0.25) is 15.8 Å². The fourth-order valence-electron chi connectivity index (χ4n) is 3.94. The summed E-state index contributed by atoms with van der Waals surface area (Å²) in [5, 5.41) is 1.14. The van der Waals surface area contributed by atoms with Gasteiger partial charge in [0.1, 0.15) is 5.75 Å². The fraction of sp³-hybridized carbons (Fsp3) is 0.409. The van der Waals surface area contributed by atoms with Gasteiger partial charge in [-0.3, -0.25) is 0 Å². The minimum absolute atomic E-state index is 0.178. The van der Waals surface area contributed by atoms with Crippen molar-refractivity contribution in [3.05, 3.63) is 53.6 Å². The van der Waals surface area contributed by atoms with Gasteiger partial charge in [0.05, 0.1) is 26.0 Å². The van der Waals surface area contributed by atoms with Crippen LogP contribution in [0.15, 0.2) is 42.5 Å². The average Bonchev–Trinajstić information content (AvgIpc) is 3.19. The number of rotatable bonds is 7. The minimum atomic E-state index is -3.60. The van der Waals surface area contributed by atoms with Gasteiger partial charge >= 0.3 is 6.03 Å². The van der Waals surface area contributed by atoms with E-state index in [1.807, 2.05) is 56.3 Å². The molecule has 0 radical (unpaired) electrons. The standard InChI is InChI=1S/C22H27N3O6S/c1-22(2)30-19-10-7-16(13-20(19)31-22)18-14-25(23-32(4,27)28)21(26)24(18)12-11-15-5-8-17(29-3)9-6-15/h5-10,13,18,23H,11-12,14H2,1-4H3. The Hall–Kier alpha value is -2.98. The summed E-state index contributed by atoms with van der Waals surface area (Å²) in [6.45, 7) is 4.24. The largest absolute Gasteiger partial charge is 0.497 e. The van der Waals surface area contributed by atoms with E-state index in [0.29, 0.717) is 24.5 Å². The maximum atomic E-state index is 13.1. The first-order chi connectivity index (χ1) is 15.0. The Kier molecular flexibility index (Phi) is 5.68. The second kappa shape index (κ2) is 8.18. The first-order valence-corrected chi connectivity index (χ1v) is 12.1. The zero-order valence-corrected chi connectivity index (χ0v) is 19.3. The van der Waals surface area contributed by atoms with Crippen LogP contribution in [0.3, 0.4) is 0 Å². The van der Waals surface area contributed by atoms with Gasteiger partial charge in [-0.1, -0.05) is 18.2 Å². The van der Waals surface area contributed by atoms with E-state index in [0.717, 1.165) is 28.1 Å². The molecule has 2 aliphatic heterocycles. The smallest absolute Gasteiger partial charge is 0.335 e. The van der Waals surface area contributed by atoms with Crippen LogP contribution in [-0.2, 0) is 16.4 Å².